The second-order valence-corrected chi connectivity index (χ2v) is 5.27. The van der Waals surface area contributed by atoms with E-state index in [1.807, 2.05) is 25.1 Å². The first kappa shape index (κ1) is 13.5. The molecule has 2 aromatic heterocycles. The van der Waals surface area contributed by atoms with Crippen LogP contribution in [-0.4, -0.2) is 33.9 Å². The predicted octanol–water partition coefficient (Wildman–Crippen LogP) is 1.57. The molecule has 5 heteroatoms. The van der Waals surface area contributed by atoms with Gasteiger partial charge in [0, 0.05) is 48.2 Å². The summed E-state index contributed by atoms with van der Waals surface area (Å²) in [5.41, 5.74) is 2.05. The number of nitrogens with zero attached hydrogens (tertiary/aromatic N) is 2. The second kappa shape index (κ2) is 5.52. The smallest absolute Gasteiger partial charge is 0.254 e. The highest BCUT2D eigenvalue weighted by Crippen LogP contribution is 2.26. The molecule has 3 heterocycles. The van der Waals surface area contributed by atoms with Gasteiger partial charge in [0.25, 0.3) is 5.91 Å². The van der Waals surface area contributed by atoms with E-state index >= 15 is 0 Å². The standard InChI is InChI=1S/C16H17N3O2/c1-2-13-7-11(8-15(20)18-13)16(21)19-9-12(10-19)14-5-3-4-6-17-14/h3-8,12H,2,9-10H2,1H3,(H,18,20). The number of aryl methyl sites for hydroxylation is 1. The summed E-state index contributed by atoms with van der Waals surface area (Å²) in [6.07, 6.45) is 2.47. The van der Waals surface area contributed by atoms with Gasteiger partial charge >= 0.3 is 0 Å². The summed E-state index contributed by atoms with van der Waals surface area (Å²) in [5, 5.41) is 0. The first-order valence-electron chi connectivity index (χ1n) is 7.11. The number of hydrogen-bond donors (Lipinski definition) is 1. The van der Waals surface area contributed by atoms with Crippen LogP contribution < -0.4 is 5.56 Å². The van der Waals surface area contributed by atoms with Crippen LogP contribution in [0, 0.1) is 0 Å². The summed E-state index contributed by atoms with van der Waals surface area (Å²) in [6, 6.07) is 8.95. The molecule has 108 valence electrons. The number of hydrogen-bond acceptors (Lipinski definition) is 3. The molecule has 21 heavy (non-hydrogen) atoms. The first-order chi connectivity index (χ1) is 10.2. The highest BCUT2D eigenvalue weighted by atomic mass is 16.2. The molecule has 1 aliphatic rings. The summed E-state index contributed by atoms with van der Waals surface area (Å²) in [7, 11) is 0. The van der Waals surface area contributed by atoms with Gasteiger partial charge in [-0.15, -0.1) is 0 Å². The Bertz CT molecular complexity index is 703. The number of nitrogens with one attached hydrogen (secondary N) is 1. The van der Waals surface area contributed by atoms with Gasteiger partial charge in [0.2, 0.25) is 5.56 Å². The van der Waals surface area contributed by atoms with Gasteiger partial charge in [0.15, 0.2) is 0 Å². The Labute approximate surface area is 122 Å². The molecule has 0 aliphatic carbocycles. The zero-order valence-electron chi connectivity index (χ0n) is 11.9. The SMILES string of the molecule is CCc1cc(C(=O)N2CC(c3ccccn3)C2)cc(=O)[nH]1. The highest BCUT2D eigenvalue weighted by Gasteiger charge is 2.33. The number of rotatable bonds is 3. The molecule has 1 amide bonds. The van der Waals surface area contributed by atoms with Crippen molar-refractivity contribution in [1.29, 1.82) is 0 Å². The number of H-pyrrole nitrogens is 1. The lowest BCUT2D eigenvalue weighted by Crippen LogP contribution is -2.48. The third-order valence-electron chi connectivity index (χ3n) is 3.80. The maximum absolute atomic E-state index is 12.4. The third-order valence-corrected chi connectivity index (χ3v) is 3.80. The van der Waals surface area contributed by atoms with E-state index in [0.717, 1.165) is 11.4 Å². The van der Waals surface area contributed by atoms with E-state index in [9.17, 15) is 9.59 Å². The highest BCUT2D eigenvalue weighted by molar-refractivity contribution is 5.94. The average molecular weight is 283 g/mol. The Morgan fingerprint density at radius 1 is 1.38 bits per heavy atom. The number of carbonyl (C=O) groups is 1. The fourth-order valence-electron chi connectivity index (χ4n) is 2.55. The largest absolute Gasteiger partial charge is 0.337 e. The van der Waals surface area contributed by atoms with Crippen LogP contribution in [0.25, 0.3) is 0 Å². The molecule has 5 nitrogen and oxygen atoms in total. The van der Waals surface area contributed by atoms with Gasteiger partial charge in [-0.25, -0.2) is 0 Å². The van der Waals surface area contributed by atoms with Gasteiger partial charge in [-0.1, -0.05) is 13.0 Å². The Kier molecular flexibility index (Phi) is 3.56. The lowest BCUT2D eigenvalue weighted by molar-refractivity contribution is 0.0598. The van der Waals surface area contributed by atoms with Gasteiger partial charge in [0.05, 0.1) is 0 Å². The summed E-state index contributed by atoms with van der Waals surface area (Å²) in [4.78, 5) is 32.7. The predicted molar refractivity (Wildman–Crippen MR) is 79.3 cm³/mol. The molecule has 3 rings (SSSR count). The molecule has 0 unspecified atom stereocenters. The zero-order chi connectivity index (χ0) is 14.8. The van der Waals surface area contributed by atoms with Crippen molar-refractivity contribution in [3.8, 4) is 0 Å². The zero-order valence-corrected chi connectivity index (χ0v) is 11.9. The van der Waals surface area contributed by atoms with Crippen LogP contribution in [-0.2, 0) is 6.42 Å². The van der Waals surface area contributed by atoms with Crippen LogP contribution in [0.1, 0.15) is 34.6 Å². The number of likely N-dealkylation sites (tertiary alicyclic amines) is 1. The van der Waals surface area contributed by atoms with E-state index < -0.39 is 0 Å². The van der Waals surface area contributed by atoms with E-state index in [-0.39, 0.29) is 11.5 Å². The van der Waals surface area contributed by atoms with Gasteiger partial charge in [-0.05, 0) is 24.6 Å². The minimum atomic E-state index is -0.223. The second-order valence-electron chi connectivity index (χ2n) is 5.27. The molecule has 2 aromatic rings. The van der Waals surface area contributed by atoms with Gasteiger partial charge in [-0.3, -0.25) is 14.6 Å². The van der Waals surface area contributed by atoms with Crippen LogP contribution >= 0.6 is 0 Å². The van der Waals surface area contributed by atoms with E-state index in [1.165, 1.54) is 6.07 Å². The quantitative estimate of drug-likeness (QED) is 0.930. The van der Waals surface area contributed by atoms with Crippen molar-refractivity contribution in [3.63, 3.8) is 0 Å². The molecular weight excluding hydrogens is 266 g/mol. The van der Waals surface area contributed by atoms with Crippen LogP contribution in [0.15, 0.2) is 41.3 Å². The lowest BCUT2D eigenvalue weighted by Gasteiger charge is -2.39. The van der Waals surface area contributed by atoms with Crippen molar-refractivity contribution in [3.05, 3.63) is 63.8 Å². The van der Waals surface area contributed by atoms with Crippen molar-refractivity contribution in [2.75, 3.05) is 13.1 Å². The van der Waals surface area contributed by atoms with Crippen molar-refractivity contribution >= 4 is 5.91 Å². The average Bonchev–Trinajstić information content (AvgIpc) is 2.46. The Hall–Kier alpha value is -2.43. The van der Waals surface area contributed by atoms with Crippen molar-refractivity contribution in [2.45, 2.75) is 19.3 Å². The monoisotopic (exact) mass is 283 g/mol. The molecule has 0 aromatic carbocycles. The minimum absolute atomic E-state index is 0.0806. The Morgan fingerprint density at radius 2 is 2.19 bits per heavy atom. The molecule has 1 aliphatic heterocycles. The Balaban J connectivity index is 1.71. The van der Waals surface area contributed by atoms with Gasteiger partial charge in [0.1, 0.15) is 0 Å². The Morgan fingerprint density at radius 3 is 2.86 bits per heavy atom. The maximum atomic E-state index is 12.4. The number of carbonyl (C=O) groups excluding carboxylic acids is 1. The topological polar surface area (TPSA) is 66.1 Å². The van der Waals surface area contributed by atoms with E-state index in [0.29, 0.717) is 31.0 Å². The molecule has 1 saturated heterocycles. The molecule has 0 spiro atoms. The summed E-state index contributed by atoms with van der Waals surface area (Å²) in [6.45, 7) is 3.26. The van der Waals surface area contributed by atoms with E-state index in [4.69, 9.17) is 0 Å². The summed E-state index contributed by atoms with van der Waals surface area (Å²) >= 11 is 0. The molecule has 0 atom stereocenters. The fourth-order valence-corrected chi connectivity index (χ4v) is 2.55. The van der Waals surface area contributed by atoms with Crippen LogP contribution in [0.2, 0.25) is 0 Å². The lowest BCUT2D eigenvalue weighted by atomic mass is 9.95. The van der Waals surface area contributed by atoms with Crippen molar-refractivity contribution in [1.82, 2.24) is 14.9 Å². The van der Waals surface area contributed by atoms with Crippen molar-refractivity contribution < 1.29 is 4.79 Å². The number of aromatic nitrogens is 2. The van der Waals surface area contributed by atoms with Gasteiger partial charge < -0.3 is 9.88 Å². The number of pyridine rings is 2. The molecule has 0 radical (unpaired) electrons. The van der Waals surface area contributed by atoms with Crippen molar-refractivity contribution in [2.24, 2.45) is 0 Å². The minimum Gasteiger partial charge on any atom is -0.337 e. The third kappa shape index (κ3) is 2.72. The van der Waals surface area contributed by atoms with Crippen LogP contribution in [0.4, 0.5) is 0 Å². The van der Waals surface area contributed by atoms with Gasteiger partial charge in [-0.2, -0.15) is 0 Å². The maximum Gasteiger partial charge on any atom is 0.254 e. The number of aromatic amines is 1. The summed E-state index contributed by atoms with van der Waals surface area (Å²) in [5.74, 6) is 0.214. The van der Waals surface area contributed by atoms with Crippen LogP contribution in [0.3, 0.4) is 0 Å². The molecule has 0 saturated carbocycles. The molecular formula is C16H17N3O2. The summed E-state index contributed by atoms with van der Waals surface area (Å²) < 4.78 is 0. The molecule has 0 bridgehead atoms. The van der Waals surface area contributed by atoms with E-state index in [2.05, 4.69) is 9.97 Å². The van der Waals surface area contributed by atoms with Crippen LogP contribution in [0.5, 0.6) is 0 Å². The van der Waals surface area contributed by atoms with E-state index in [1.54, 1.807) is 17.2 Å². The first-order valence-corrected chi connectivity index (χ1v) is 7.11. The normalized spacial score (nSPS) is 14.8. The molecule has 1 N–H and O–H groups in total. The fraction of sp³-hybridized carbons (Fsp3) is 0.312. The number of amides is 1. The molecule has 1 fully saturated rings.